The smallest absolute Gasteiger partial charge is 0.328 e. The molecule has 0 spiro atoms. The Hall–Kier alpha value is -1.53. The number of benzene rings is 2. The molecule has 3 nitrogen and oxygen atoms in total. The second-order valence-electron chi connectivity index (χ2n) is 3.88. The zero-order valence-corrected chi connectivity index (χ0v) is 13.1. The van der Waals surface area contributed by atoms with Crippen LogP contribution in [0.25, 0.3) is 6.08 Å². The molecule has 102 valence electrons. The first-order valence-corrected chi connectivity index (χ1v) is 7.15. The molecule has 0 unspecified atom stereocenters. The van der Waals surface area contributed by atoms with E-state index in [-0.39, 0.29) is 0 Å². The average Bonchev–Trinajstić information content (AvgIpc) is 2.38. The topological polar surface area (TPSA) is 46.5 Å². The normalized spacial score (nSPS) is 10.7. The maximum atomic E-state index is 10.6. The highest BCUT2D eigenvalue weighted by atomic mass is 127. The van der Waals surface area contributed by atoms with Crippen LogP contribution in [0.5, 0.6) is 11.5 Å². The maximum absolute atomic E-state index is 10.6. The van der Waals surface area contributed by atoms with Crippen molar-refractivity contribution in [1.29, 1.82) is 0 Å². The Bertz CT molecular complexity index is 668. The lowest BCUT2D eigenvalue weighted by atomic mass is 10.2. The van der Waals surface area contributed by atoms with E-state index in [4.69, 9.17) is 21.4 Å². The second kappa shape index (κ2) is 6.76. The molecule has 2 aromatic carbocycles. The van der Waals surface area contributed by atoms with Crippen LogP contribution in [0, 0.1) is 3.57 Å². The average molecular weight is 401 g/mol. The minimum atomic E-state index is -1.04. The molecule has 5 heteroatoms. The molecule has 0 aliphatic rings. The van der Waals surface area contributed by atoms with Crippen molar-refractivity contribution >= 4 is 46.2 Å². The van der Waals surface area contributed by atoms with Crippen LogP contribution in [0.1, 0.15) is 5.56 Å². The van der Waals surface area contributed by atoms with Crippen LogP contribution >= 0.6 is 34.2 Å². The van der Waals surface area contributed by atoms with E-state index in [1.54, 1.807) is 18.2 Å². The van der Waals surface area contributed by atoms with Crippen LogP contribution in [-0.2, 0) is 4.79 Å². The van der Waals surface area contributed by atoms with E-state index >= 15 is 0 Å². The minimum absolute atomic E-state index is 0.436. The van der Waals surface area contributed by atoms with E-state index in [9.17, 15) is 4.79 Å². The SMILES string of the molecule is O=C(O)/C=C/c1c(Cl)cccc1Oc1cccc(I)c1. The van der Waals surface area contributed by atoms with E-state index in [1.165, 1.54) is 6.08 Å². The fourth-order valence-electron chi connectivity index (χ4n) is 1.58. The highest BCUT2D eigenvalue weighted by Crippen LogP contribution is 2.32. The van der Waals surface area contributed by atoms with E-state index in [0.29, 0.717) is 22.1 Å². The molecule has 0 atom stereocenters. The molecule has 0 saturated carbocycles. The zero-order valence-electron chi connectivity index (χ0n) is 10.2. The quantitative estimate of drug-likeness (QED) is 0.590. The number of aliphatic carboxylic acids is 1. The van der Waals surface area contributed by atoms with Crippen molar-refractivity contribution in [1.82, 2.24) is 0 Å². The Morgan fingerprint density at radius 1 is 1.25 bits per heavy atom. The Kier molecular flexibility index (Phi) is 5.03. The van der Waals surface area contributed by atoms with E-state index in [1.807, 2.05) is 24.3 Å². The lowest BCUT2D eigenvalue weighted by molar-refractivity contribution is -0.131. The summed E-state index contributed by atoms with van der Waals surface area (Å²) in [6.07, 6.45) is 2.46. The van der Waals surface area contributed by atoms with Crippen molar-refractivity contribution in [3.63, 3.8) is 0 Å². The van der Waals surface area contributed by atoms with Crippen molar-refractivity contribution in [2.75, 3.05) is 0 Å². The standard InChI is InChI=1S/C15H10ClIO3/c16-13-5-2-6-14(12(13)7-8-15(18)19)20-11-4-1-3-10(17)9-11/h1-9H,(H,18,19)/b8-7+. The van der Waals surface area contributed by atoms with E-state index in [0.717, 1.165) is 9.65 Å². The molecule has 0 aliphatic carbocycles. The number of carboxylic acid groups (broad SMARTS) is 1. The van der Waals surface area contributed by atoms with Gasteiger partial charge in [-0.1, -0.05) is 23.7 Å². The fraction of sp³-hybridized carbons (Fsp3) is 0. The summed E-state index contributed by atoms with van der Waals surface area (Å²) < 4.78 is 6.82. The summed E-state index contributed by atoms with van der Waals surface area (Å²) in [6, 6.07) is 12.7. The Morgan fingerprint density at radius 2 is 2.00 bits per heavy atom. The fourth-order valence-corrected chi connectivity index (χ4v) is 2.32. The number of hydrogen-bond donors (Lipinski definition) is 1. The molecule has 2 rings (SSSR count). The Labute approximate surface area is 135 Å². The number of rotatable bonds is 4. The summed E-state index contributed by atoms with van der Waals surface area (Å²) >= 11 is 8.28. The van der Waals surface area contributed by atoms with Crippen LogP contribution in [0.3, 0.4) is 0 Å². The number of halogens is 2. The van der Waals surface area contributed by atoms with E-state index in [2.05, 4.69) is 22.6 Å². The molecule has 0 saturated heterocycles. The van der Waals surface area contributed by atoms with Gasteiger partial charge in [0, 0.05) is 15.2 Å². The van der Waals surface area contributed by atoms with Crippen molar-refractivity contribution in [3.8, 4) is 11.5 Å². The Morgan fingerprint density at radius 3 is 2.70 bits per heavy atom. The summed E-state index contributed by atoms with van der Waals surface area (Å²) in [5.41, 5.74) is 0.537. The summed E-state index contributed by atoms with van der Waals surface area (Å²) in [5, 5.41) is 9.15. The third-order valence-electron chi connectivity index (χ3n) is 2.43. The highest BCUT2D eigenvalue weighted by Gasteiger charge is 2.07. The number of carboxylic acids is 1. The van der Waals surface area contributed by atoms with Crippen LogP contribution in [0.2, 0.25) is 5.02 Å². The molecule has 0 bridgehead atoms. The molecular weight excluding hydrogens is 391 g/mol. The summed E-state index contributed by atoms with van der Waals surface area (Å²) in [6.45, 7) is 0. The molecule has 0 fully saturated rings. The zero-order chi connectivity index (χ0) is 14.5. The number of hydrogen-bond acceptors (Lipinski definition) is 2. The highest BCUT2D eigenvalue weighted by molar-refractivity contribution is 14.1. The van der Waals surface area contributed by atoms with Gasteiger partial charge in [-0.15, -0.1) is 0 Å². The van der Waals surface area contributed by atoms with Gasteiger partial charge in [-0.25, -0.2) is 4.79 Å². The third-order valence-corrected chi connectivity index (χ3v) is 3.43. The predicted octanol–water partition coefficient (Wildman–Crippen LogP) is 4.83. The Balaban J connectivity index is 2.36. The molecule has 0 aliphatic heterocycles. The van der Waals surface area contributed by atoms with Crippen LogP contribution < -0.4 is 4.74 Å². The molecule has 2 aromatic rings. The second-order valence-corrected chi connectivity index (χ2v) is 5.54. The monoisotopic (exact) mass is 400 g/mol. The molecule has 0 amide bonds. The largest absolute Gasteiger partial charge is 0.478 e. The molecule has 0 heterocycles. The molecule has 1 N–H and O–H groups in total. The first-order chi connectivity index (χ1) is 9.56. The summed E-state index contributed by atoms with van der Waals surface area (Å²) in [4.78, 5) is 10.6. The van der Waals surface area contributed by atoms with Crippen molar-refractivity contribution in [2.45, 2.75) is 0 Å². The third kappa shape index (κ3) is 3.98. The lowest BCUT2D eigenvalue weighted by Crippen LogP contribution is -1.91. The van der Waals surface area contributed by atoms with Gasteiger partial charge in [-0.3, -0.25) is 0 Å². The van der Waals surface area contributed by atoms with Gasteiger partial charge in [0.05, 0.1) is 5.02 Å². The van der Waals surface area contributed by atoms with Crippen molar-refractivity contribution < 1.29 is 14.6 Å². The van der Waals surface area contributed by atoms with Crippen LogP contribution in [-0.4, -0.2) is 11.1 Å². The molecule has 20 heavy (non-hydrogen) atoms. The predicted molar refractivity (Wildman–Crippen MR) is 87.4 cm³/mol. The van der Waals surface area contributed by atoms with Gasteiger partial charge < -0.3 is 9.84 Å². The van der Waals surface area contributed by atoms with Gasteiger partial charge in [-0.2, -0.15) is 0 Å². The molecule has 0 radical (unpaired) electrons. The maximum Gasteiger partial charge on any atom is 0.328 e. The lowest BCUT2D eigenvalue weighted by Gasteiger charge is -2.10. The van der Waals surface area contributed by atoms with Gasteiger partial charge in [0.2, 0.25) is 0 Å². The van der Waals surface area contributed by atoms with Gasteiger partial charge >= 0.3 is 5.97 Å². The first kappa shape index (κ1) is 14.9. The van der Waals surface area contributed by atoms with E-state index < -0.39 is 5.97 Å². The number of carbonyl (C=O) groups is 1. The summed E-state index contributed by atoms with van der Waals surface area (Å²) in [5.74, 6) is 0.145. The first-order valence-electron chi connectivity index (χ1n) is 5.69. The van der Waals surface area contributed by atoms with Crippen LogP contribution in [0.15, 0.2) is 48.5 Å². The van der Waals surface area contributed by atoms with Gasteiger partial charge in [0.25, 0.3) is 0 Å². The summed E-state index contributed by atoms with van der Waals surface area (Å²) in [7, 11) is 0. The van der Waals surface area contributed by atoms with Gasteiger partial charge in [-0.05, 0) is 59.0 Å². The van der Waals surface area contributed by atoms with Crippen molar-refractivity contribution in [3.05, 3.63) is 62.7 Å². The number of ether oxygens (including phenoxy) is 1. The van der Waals surface area contributed by atoms with Gasteiger partial charge in [0.1, 0.15) is 11.5 Å². The molecule has 0 aromatic heterocycles. The van der Waals surface area contributed by atoms with Crippen molar-refractivity contribution in [2.24, 2.45) is 0 Å². The minimum Gasteiger partial charge on any atom is -0.478 e. The van der Waals surface area contributed by atoms with Gasteiger partial charge in [0.15, 0.2) is 0 Å². The molecular formula is C15H10ClIO3. The van der Waals surface area contributed by atoms with Crippen LogP contribution in [0.4, 0.5) is 0 Å².